The maximum absolute atomic E-state index is 14.0. The average Bonchev–Trinajstić information content (AvgIpc) is 2.46. The Morgan fingerprint density at radius 1 is 1.25 bits per heavy atom. The number of hydrogen-bond donors (Lipinski definition) is 3. The number of carboxylic acids is 1. The quantitative estimate of drug-likeness (QED) is 0.614. The van der Waals surface area contributed by atoms with E-state index < -0.39 is 54.4 Å². The van der Waals surface area contributed by atoms with Crippen molar-refractivity contribution in [3.05, 3.63) is 24.0 Å². The number of carboxylic acid groups (broad SMARTS) is 1. The van der Waals surface area contributed by atoms with E-state index in [1.165, 1.54) is 20.8 Å². The van der Waals surface area contributed by atoms with Crippen molar-refractivity contribution in [1.82, 2.24) is 4.72 Å². The van der Waals surface area contributed by atoms with Crippen molar-refractivity contribution < 1.29 is 31.1 Å². The number of aliphatic carboxylic acids is 1. The summed E-state index contributed by atoms with van der Waals surface area (Å²) in [6, 6.07) is 1.19. The van der Waals surface area contributed by atoms with Gasteiger partial charge in [0.05, 0.1) is 16.3 Å². The standard InChI is InChI=1S/C13H19FN2O6S2/c1-4-23(19,20)15-11-6-5-9(7-10(11)14)24(21,22)16-12(8(2)3)13(17)18/h5-8,12,15-16H,4H2,1-3H3,(H,17,18). The molecule has 0 saturated heterocycles. The van der Waals surface area contributed by atoms with Crippen LogP contribution in [0.1, 0.15) is 20.8 Å². The van der Waals surface area contributed by atoms with Gasteiger partial charge in [-0.2, -0.15) is 4.72 Å². The van der Waals surface area contributed by atoms with E-state index in [-0.39, 0.29) is 5.75 Å². The van der Waals surface area contributed by atoms with Crippen LogP contribution in [0.15, 0.2) is 23.1 Å². The van der Waals surface area contributed by atoms with Crippen molar-refractivity contribution in [3.8, 4) is 0 Å². The van der Waals surface area contributed by atoms with Crippen LogP contribution in [0.4, 0.5) is 10.1 Å². The molecule has 0 radical (unpaired) electrons. The first-order valence-electron chi connectivity index (χ1n) is 6.94. The topological polar surface area (TPSA) is 130 Å². The average molecular weight is 382 g/mol. The second-order valence-corrected chi connectivity index (χ2v) is 9.05. The Kier molecular flexibility index (Phi) is 6.31. The minimum absolute atomic E-state index is 0.275. The molecule has 11 heteroatoms. The number of hydrogen-bond acceptors (Lipinski definition) is 5. The van der Waals surface area contributed by atoms with Gasteiger partial charge in [-0.3, -0.25) is 9.52 Å². The highest BCUT2D eigenvalue weighted by Crippen LogP contribution is 2.21. The van der Waals surface area contributed by atoms with Gasteiger partial charge in [0.1, 0.15) is 11.9 Å². The fraction of sp³-hybridized carbons (Fsp3) is 0.462. The van der Waals surface area contributed by atoms with Gasteiger partial charge in [-0.1, -0.05) is 13.8 Å². The third-order valence-corrected chi connectivity index (χ3v) is 5.84. The lowest BCUT2D eigenvalue weighted by molar-refractivity contribution is -0.140. The normalized spacial score (nSPS) is 13.7. The number of anilines is 1. The van der Waals surface area contributed by atoms with E-state index in [4.69, 9.17) is 5.11 Å². The molecule has 24 heavy (non-hydrogen) atoms. The minimum atomic E-state index is -4.29. The van der Waals surface area contributed by atoms with Gasteiger partial charge in [-0.05, 0) is 31.0 Å². The van der Waals surface area contributed by atoms with E-state index in [0.717, 1.165) is 12.1 Å². The maximum Gasteiger partial charge on any atom is 0.322 e. The van der Waals surface area contributed by atoms with Crippen molar-refractivity contribution in [3.63, 3.8) is 0 Å². The van der Waals surface area contributed by atoms with E-state index in [1.807, 2.05) is 9.44 Å². The lowest BCUT2D eigenvalue weighted by atomic mass is 10.1. The van der Waals surface area contributed by atoms with Crippen LogP contribution in [0.5, 0.6) is 0 Å². The SMILES string of the molecule is CCS(=O)(=O)Nc1ccc(S(=O)(=O)NC(C(=O)O)C(C)C)cc1F. The first-order valence-corrected chi connectivity index (χ1v) is 10.1. The van der Waals surface area contributed by atoms with E-state index in [1.54, 1.807) is 0 Å². The largest absolute Gasteiger partial charge is 0.480 e. The zero-order valence-corrected chi connectivity index (χ0v) is 14.9. The molecule has 136 valence electrons. The van der Waals surface area contributed by atoms with Crippen LogP contribution in [-0.4, -0.2) is 39.7 Å². The predicted molar refractivity (Wildman–Crippen MR) is 86.1 cm³/mol. The molecule has 0 saturated carbocycles. The number of rotatable bonds is 8. The van der Waals surface area contributed by atoms with Crippen LogP contribution in [-0.2, 0) is 24.8 Å². The second kappa shape index (κ2) is 7.45. The van der Waals surface area contributed by atoms with Crippen molar-refractivity contribution >= 4 is 31.7 Å². The van der Waals surface area contributed by atoms with E-state index in [9.17, 15) is 26.0 Å². The van der Waals surface area contributed by atoms with E-state index in [2.05, 4.69) is 0 Å². The third kappa shape index (κ3) is 5.14. The van der Waals surface area contributed by atoms with Gasteiger partial charge >= 0.3 is 5.97 Å². The van der Waals surface area contributed by atoms with Gasteiger partial charge in [-0.15, -0.1) is 0 Å². The van der Waals surface area contributed by atoms with Crippen molar-refractivity contribution in [2.75, 3.05) is 10.5 Å². The molecule has 1 unspecified atom stereocenters. The summed E-state index contributed by atoms with van der Waals surface area (Å²) < 4.78 is 65.1. The predicted octanol–water partition coefficient (Wildman–Crippen LogP) is 0.975. The zero-order valence-electron chi connectivity index (χ0n) is 13.3. The fourth-order valence-corrected chi connectivity index (χ4v) is 3.69. The van der Waals surface area contributed by atoms with Gasteiger partial charge in [0.25, 0.3) is 0 Å². The van der Waals surface area contributed by atoms with E-state index >= 15 is 0 Å². The first-order chi connectivity index (χ1) is 10.9. The Morgan fingerprint density at radius 3 is 2.25 bits per heavy atom. The van der Waals surface area contributed by atoms with Crippen molar-refractivity contribution in [2.45, 2.75) is 31.7 Å². The van der Waals surface area contributed by atoms with Crippen LogP contribution in [0, 0.1) is 11.7 Å². The summed E-state index contributed by atoms with van der Waals surface area (Å²) >= 11 is 0. The molecule has 0 aliphatic heterocycles. The van der Waals surface area contributed by atoms with Gasteiger partial charge in [0.2, 0.25) is 20.0 Å². The summed E-state index contributed by atoms with van der Waals surface area (Å²) in [7, 11) is -8.00. The summed E-state index contributed by atoms with van der Waals surface area (Å²) in [5.74, 6) is -3.26. The molecular weight excluding hydrogens is 363 g/mol. The summed E-state index contributed by atoms with van der Waals surface area (Å²) in [5, 5.41) is 9.03. The highest BCUT2D eigenvalue weighted by molar-refractivity contribution is 7.92. The second-order valence-electron chi connectivity index (χ2n) is 5.33. The molecule has 0 heterocycles. The van der Waals surface area contributed by atoms with Crippen molar-refractivity contribution in [1.29, 1.82) is 0 Å². The Morgan fingerprint density at radius 2 is 1.83 bits per heavy atom. The molecule has 0 amide bonds. The van der Waals surface area contributed by atoms with Crippen LogP contribution >= 0.6 is 0 Å². The summed E-state index contributed by atoms with van der Waals surface area (Å²) in [5.41, 5.74) is -0.394. The van der Waals surface area contributed by atoms with Gasteiger partial charge in [0, 0.05) is 0 Å². The minimum Gasteiger partial charge on any atom is -0.480 e. The Bertz CT molecular complexity index is 821. The molecule has 0 aliphatic carbocycles. The molecule has 0 spiro atoms. The number of sulfonamides is 2. The molecular formula is C13H19FN2O6S2. The number of benzene rings is 1. The molecule has 1 aromatic carbocycles. The van der Waals surface area contributed by atoms with Crippen molar-refractivity contribution in [2.24, 2.45) is 5.92 Å². The van der Waals surface area contributed by atoms with Gasteiger partial charge < -0.3 is 5.11 Å². The van der Waals surface area contributed by atoms with Crippen LogP contribution in [0.2, 0.25) is 0 Å². The Hall–Kier alpha value is -1.72. The summed E-state index contributed by atoms with van der Waals surface area (Å²) in [6.45, 7) is 4.40. The molecule has 0 aromatic heterocycles. The highest BCUT2D eigenvalue weighted by atomic mass is 32.2. The maximum atomic E-state index is 14.0. The monoisotopic (exact) mass is 382 g/mol. The number of carbonyl (C=O) groups is 1. The molecule has 0 bridgehead atoms. The zero-order chi connectivity index (χ0) is 18.7. The molecule has 1 atom stereocenters. The van der Waals surface area contributed by atoms with Gasteiger partial charge in [-0.25, -0.2) is 21.2 Å². The lowest BCUT2D eigenvalue weighted by Gasteiger charge is -2.18. The van der Waals surface area contributed by atoms with E-state index in [0.29, 0.717) is 6.07 Å². The Balaban J connectivity index is 3.14. The van der Waals surface area contributed by atoms with Gasteiger partial charge in [0.15, 0.2) is 0 Å². The smallest absolute Gasteiger partial charge is 0.322 e. The first kappa shape index (κ1) is 20.3. The van der Waals surface area contributed by atoms with Crippen LogP contribution in [0.3, 0.4) is 0 Å². The van der Waals surface area contributed by atoms with Crippen LogP contribution in [0.25, 0.3) is 0 Å². The third-order valence-electron chi connectivity index (χ3n) is 3.11. The van der Waals surface area contributed by atoms with Crippen LogP contribution < -0.4 is 9.44 Å². The Labute approximate surface area is 140 Å². The lowest BCUT2D eigenvalue weighted by Crippen LogP contribution is -2.44. The molecule has 1 rings (SSSR count). The molecule has 3 N–H and O–H groups in total. The fourth-order valence-electron chi connectivity index (χ4n) is 1.69. The molecule has 1 aromatic rings. The summed E-state index contributed by atoms with van der Waals surface area (Å²) in [6.07, 6.45) is 0. The molecule has 0 fully saturated rings. The molecule has 0 aliphatic rings. The molecule has 8 nitrogen and oxygen atoms in total. The number of nitrogens with one attached hydrogen (secondary N) is 2. The highest BCUT2D eigenvalue weighted by Gasteiger charge is 2.28. The number of halogens is 1. The summed E-state index contributed by atoms with van der Waals surface area (Å²) in [4.78, 5) is 10.6.